The van der Waals surface area contributed by atoms with Crippen LogP contribution in [0.3, 0.4) is 0 Å². The molecule has 1 aliphatic rings. The van der Waals surface area contributed by atoms with E-state index in [1.165, 1.54) is 0 Å². The fourth-order valence-corrected chi connectivity index (χ4v) is 3.63. The zero-order chi connectivity index (χ0) is 16.4. The largest absolute Gasteiger partial charge is 0.374 e. The number of thiazole rings is 1. The zero-order valence-corrected chi connectivity index (χ0v) is 14.3. The van der Waals surface area contributed by atoms with E-state index in [1.54, 1.807) is 28.7 Å². The SMILES string of the molecule is Cn1cc(-c2nc(CN3CCO[C@@H](Cn4cncn4)C3)cs2)cn1. The number of nitrogens with zero attached hydrogens (tertiary/aromatic N) is 7. The topological polar surface area (TPSA) is 73.9 Å². The Balaban J connectivity index is 1.37. The number of aryl methyl sites for hydroxylation is 1. The van der Waals surface area contributed by atoms with Gasteiger partial charge in [0.05, 0.1) is 31.1 Å². The van der Waals surface area contributed by atoms with Crippen LogP contribution in [0, 0.1) is 0 Å². The first-order chi connectivity index (χ1) is 11.8. The molecule has 9 heteroatoms. The van der Waals surface area contributed by atoms with Gasteiger partial charge in [0, 0.05) is 43.8 Å². The normalized spacial score (nSPS) is 19.0. The number of aromatic nitrogens is 6. The van der Waals surface area contributed by atoms with Crippen molar-refractivity contribution in [2.24, 2.45) is 7.05 Å². The first kappa shape index (κ1) is 15.4. The molecule has 1 atom stereocenters. The molecule has 3 aromatic heterocycles. The summed E-state index contributed by atoms with van der Waals surface area (Å²) in [5.74, 6) is 0. The Kier molecular flexibility index (Phi) is 4.37. The van der Waals surface area contributed by atoms with Gasteiger partial charge in [-0.25, -0.2) is 9.97 Å². The first-order valence-corrected chi connectivity index (χ1v) is 8.74. The maximum absolute atomic E-state index is 5.84. The molecule has 3 aromatic rings. The van der Waals surface area contributed by atoms with Crippen LogP contribution in [0.4, 0.5) is 0 Å². The van der Waals surface area contributed by atoms with Crippen LogP contribution in [0.2, 0.25) is 0 Å². The second-order valence-electron chi connectivity index (χ2n) is 5.89. The zero-order valence-electron chi connectivity index (χ0n) is 13.4. The summed E-state index contributed by atoms with van der Waals surface area (Å²) in [6, 6.07) is 0. The van der Waals surface area contributed by atoms with Gasteiger partial charge in [0.1, 0.15) is 17.7 Å². The molecule has 8 nitrogen and oxygen atoms in total. The van der Waals surface area contributed by atoms with Crippen molar-refractivity contribution in [3.05, 3.63) is 36.1 Å². The van der Waals surface area contributed by atoms with Crippen LogP contribution in [0.5, 0.6) is 0 Å². The minimum Gasteiger partial charge on any atom is -0.374 e. The summed E-state index contributed by atoms with van der Waals surface area (Å²) >= 11 is 1.66. The molecule has 0 aromatic carbocycles. The van der Waals surface area contributed by atoms with Gasteiger partial charge in [0.25, 0.3) is 0 Å². The van der Waals surface area contributed by atoms with Crippen LogP contribution in [-0.2, 0) is 24.9 Å². The van der Waals surface area contributed by atoms with E-state index in [0.29, 0.717) is 0 Å². The van der Waals surface area contributed by atoms with Gasteiger partial charge >= 0.3 is 0 Å². The van der Waals surface area contributed by atoms with Crippen LogP contribution in [0.15, 0.2) is 30.4 Å². The molecule has 1 aliphatic heterocycles. The lowest BCUT2D eigenvalue weighted by Gasteiger charge is -2.32. The molecule has 1 fully saturated rings. The molecule has 4 heterocycles. The molecule has 126 valence electrons. The van der Waals surface area contributed by atoms with E-state index < -0.39 is 0 Å². The molecule has 1 saturated heterocycles. The van der Waals surface area contributed by atoms with Crippen molar-refractivity contribution < 1.29 is 4.74 Å². The van der Waals surface area contributed by atoms with Crippen molar-refractivity contribution >= 4 is 11.3 Å². The monoisotopic (exact) mass is 345 g/mol. The van der Waals surface area contributed by atoms with Crippen molar-refractivity contribution in [1.82, 2.24) is 34.4 Å². The van der Waals surface area contributed by atoms with Crippen molar-refractivity contribution in [2.75, 3.05) is 19.7 Å². The van der Waals surface area contributed by atoms with E-state index in [1.807, 2.05) is 24.1 Å². The third-order valence-electron chi connectivity index (χ3n) is 3.97. The van der Waals surface area contributed by atoms with E-state index in [4.69, 9.17) is 9.72 Å². The Labute approximate surface area is 143 Å². The number of morpholine rings is 1. The average molecular weight is 345 g/mol. The molecular weight excluding hydrogens is 326 g/mol. The third kappa shape index (κ3) is 3.53. The van der Waals surface area contributed by atoms with E-state index in [2.05, 4.69) is 25.5 Å². The number of ether oxygens (including phenoxy) is 1. The highest BCUT2D eigenvalue weighted by Gasteiger charge is 2.22. The van der Waals surface area contributed by atoms with Gasteiger partial charge in [-0.15, -0.1) is 11.3 Å². The summed E-state index contributed by atoms with van der Waals surface area (Å²) in [5.41, 5.74) is 2.17. The molecule has 0 N–H and O–H groups in total. The summed E-state index contributed by atoms with van der Waals surface area (Å²) in [5, 5.41) is 11.5. The highest BCUT2D eigenvalue weighted by atomic mass is 32.1. The lowest BCUT2D eigenvalue weighted by atomic mass is 10.2. The van der Waals surface area contributed by atoms with E-state index in [-0.39, 0.29) is 6.10 Å². The highest BCUT2D eigenvalue weighted by molar-refractivity contribution is 7.13. The molecule has 0 saturated carbocycles. The van der Waals surface area contributed by atoms with Crippen LogP contribution < -0.4 is 0 Å². The quantitative estimate of drug-likeness (QED) is 0.688. The van der Waals surface area contributed by atoms with Crippen molar-refractivity contribution in [3.8, 4) is 10.6 Å². The summed E-state index contributed by atoms with van der Waals surface area (Å²) in [7, 11) is 1.92. The second-order valence-corrected chi connectivity index (χ2v) is 6.75. The minimum absolute atomic E-state index is 0.136. The predicted octanol–water partition coefficient (Wildman–Crippen LogP) is 1.04. The van der Waals surface area contributed by atoms with E-state index in [0.717, 1.165) is 49.1 Å². The number of hydrogen-bond donors (Lipinski definition) is 0. The van der Waals surface area contributed by atoms with Gasteiger partial charge in [0.15, 0.2) is 0 Å². The van der Waals surface area contributed by atoms with E-state index in [9.17, 15) is 0 Å². The van der Waals surface area contributed by atoms with Gasteiger partial charge in [-0.2, -0.15) is 10.2 Å². The molecule has 0 bridgehead atoms. The summed E-state index contributed by atoms with van der Waals surface area (Å²) in [6.07, 6.45) is 7.26. The number of rotatable bonds is 5. The second kappa shape index (κ2) is 6.80. The van der Waals surface area contributed by atoms with Gasteiger partial charge in [-0.1, -0.05) is 0 Å². The van der Waals surface area contributed by atoms with Crippen molar-refractivity contribution in [3.63, 3.8) is 0 Å². The van der Waals surface area contributed by atoms with Gasteiger partial charge in [-0.3, -0.25) is 14.3 Å². The Bertz CT molecular complexity index is 781. The van der Waals surface area contributed by atoms with Crippen LogP contribution >= 0.6 is 11.3 Å². The predicted molar refractivity (Wildman–Crippen MR) is 89.4 cm³/mol. The minimum atomic E-state index is 0.136. The fourth-order valence-electron chi connectivity index (χ4n) is 2.84. The maximum atomic E-state index is 5.84. The standard InChI is InChI=1S/C15H19N7OS/c1-20-5-12(4-17-20)15-19-13(9-24-15)6-21-2-3-23-14(7-21)8-22-11-16-10-18-22/h4-5,9-11,14H,2-3,6-8H2,1H3/t14-/m1/s1. The molecule has 0 radical (unpaired) electrons. The van der Waals surface area contributed by atoms with Crippen LogP contribution in [-0.4, -0.2) is 60.2 Å². The summed E-state index contributed by atoms with van der Waals surface area (Å²) in [4.78, 5) is 11.1. The van der Waals surface area contributed by atoms with Crippen molar-refractivity contribution in [2.45, 2.75) is 19.2 Å². The molecule has 4 rings (SSSR count). The smallest absolute Gasteiger partial charge is 0.137 e. The average Bonchev–Trinajstić information content (AvgIpc) is 3.30. The first-order valence-electron chi connectivity index (χ1n) is 7.86. The fraction of sp³-hybridized carbons (Fsp3) is 0.467. The van der Waals surface area contributed by atoms with Crippen LogP contribution in [0.25, 0.3) is 10.6 Å². The Hall–Kier alpha value is -2.10. The van der Waals surface area contributed by atoms with Gasteiger partial charge in [0.2, 0.25) is 0 Å². The molecule has 0 unspecified atom stereocenters. The summed E-state index contributed by atoms with van der Waals surface area (Å²) < 4.78 is 9.45. The highest BCUT2D eigenvalue weighted by Crippen LogP contribution is 2.24. The number of hydrogen-bond acceptors (Lipinski definition) is 7. The lowest BCUT2D eigenvalue weighted by molar-refractivity contribution is -0.0405. The third-order valence-corrected chi connectivity index (χ3v) is 4.91. The molecule has 0 spiro atoms. The summed E-state index contributed by atoms with van der Waals surface area (Å²) in [6.45, 7) is 4.11. The molecule has 24 heavy (non-hydrogen) atoms. The Morgan fingerprint density at radius 3 is 3.12 bits per heavy atom. The van der Waals surface area contributed by atoms with Crippen LogP contribution in [0.1, 0.15) is 5.69 Å². The molecule has 0 amide bonds. The van der Waals surface area contributed by atoms with E-state index >= 15 is 0 Å². The Morgan fingerprint density at radius 2 is 2.33 bits per heavy atom. The molecule has 0 aliphatic carbocycles. The molecular formula is C15H19N7OS. The Morgan fingerprint density at radius 1 is 1.38 bits per heavy atom. The van der Waals surface area contributed by atoms with Gasteiger partial charge < -0.3 is 4.74 Å². The van der Waals surface area contributed by atoms with Gasteiger partial charge in [-0.05, 0) is 0 Å². The lowest BCUT2D eigenvalue weighted by Crippen LogP contribution is -2.43. The maximum Gasteiger partial charge on any atom is 0.137 e. The van der Waals surface area contributed by atoms with Crippen molar-refractivity contribution in [1.29, 1.82) is 0 Å².